The van der Waals surface area contributed by atoms with E-state index in [1.54, 1.807) is 0 Å². The summed E-state index contributed by atoms with van der Waals surface area (Å²) in [7, 11) is -2.08. The van der Waals surface area contributed by atoms with Crippen LogP contribution in [0.2, 0.25) is 0 Å². The highest BCUT2D eigenvalue weighted by Crippen LogP contribution is 2.18. The second-order valence-electron chi connectivity index (χ2n) is 4.29. The summed E-state index contributed by atoms with van der Waals surface area (Å²) in [6.07, 6.45) is 2.74. The topological polar surface area (TPSA) is 76.9 Å². The zero-order valence-corrected chi connectivity index (χ0v) is 14.1. The van der Waals surface area contributed by atoms with Gasteiger partial charge in [-0.1, -0.05) is 18.6 Å². The molecule has 0 saturated carbocycles. The number of aromatic nitrogens is 3. The van der Waals surface area contributed by atoms with Crippen molar-refractivity contribution in [3.63, 3.8) is 0 Å². The lowest BCUT2D eigenvalue weighted by molar-refractivity contribution is 0.455. The second-order valence-corrected chi connectivity index (χ2v) is 7.10. The van der Waals surface area contributed by atoms with Crippen LogP contribution in [0.15, 0.2) is 9.63 Å². The molecule has 0 aliphatic rings. The molecule has 19 heavy (non-hydrogen) atoms. The summed E-state index contributed by atoms with van der Waals surface area (Å²) < 4.78 is 28.4. The van der Waals surface area contributed by atoms with E-state index in [-0.39, 0.29) is 15.5 Å². The fraction of sp³-hybridized carbons (Fsp3) is 0.800. The van der Waals surface area contributed by atoms with Crippen molar-refractivity contribution in [3.8, 4) is 0 Å². The Morgan fingerprint density at radius 3 is 2.63 bits per heavy atom. The first kappa shape index (κ1) is 16.9. The standard InChI is InChI=1S/C10H18BrClN4O2S/c1-3-4-8(5-6-12)7-13-19(17,18)10-9(11)14-15-16(10)2/h8,13H,3-7H2,1-2H3. The van der Waals surface area contributed by atoms with E-state index in [4.69, 9.17) is 11.6 Å². The minimum atomic E-state index is -3.61. The third-order valence-corrected chi connectivity index (χ3v) is 5.30. The van der Waals surface area contributed by atoms with Crippen LogP contribution in [-0.2, 0) is 17.1 Å². The molecule has 0 amide bonds. The van der Waals surface area contributed by atoms with Gasteiger partial charge in [0.15, 0.2) is 4.60 Å². The van der Waals surface area contributed by atoms with E-state index in [2.05, 4.69) is 37.9 Å². The van der Waals surface area contributed by atoms with Gasteiger partial charge in [-0.2, -0.15) is 0 Å². The molecule has 1 aromatic rings. The number of hydrogen-bond acceptors (Lipinski definition) is 4. The number of halogens is 2. The molecule has 0 radical (unpaired) electrons. The van der Waals surface area contributed by atoms with Crippen molar-refractivity contribution >= 4 is 37.6 Å². The van der Waals surface area contributed by atoms with E-state index in [0.29, 0.717) is 12.4 Å². The third-order valence-electron chi connectivity index (χ3n) is 2.77. The highest BCUT2D eigenvalue weighted by atomic mass is 79.9. The van der Waals surface area contributed by atoms with Gasteiger partial charge >= 0.3 is 0 Å². The van der Waals surface area contributed by atoms with E-state index in [1.165, 1.54) is 11.7 Å². The first-order valence-electron chi connectivity index (χ1n) is 6.03. The van der Waals surface area contributed by atoms with Gasteiger partial charge in [0.2, 0.25) is 5.03 Å². The van der Waals surface area contributed by atoms with Crippen molar-refractivity contribution in [1.82, 2.24) is 19.7 Å². The van der Waals surface area contributed by atoms with Crippen molar-refractivity contribution in [2.45, 2.75) is 31.2 Å². The molecule has 1 heterocycles. The van der Waals surface area contributed by atoms with Gasteiger partial charge in [0, 0.05) is 19.5 Å². The third kappa shape index (κ3) is 4.70. The molecule has 1 N–H and O–H groups in total. The van der Waals surface area contributed by atoms with Crippen LogP contribution in [0.5, 0.6) is 0 Å². The van der Waals surface area contributed by atoms with E-state index in [0.717, 1.165) is 19.3 Å². The van der Waals surface area contributed by atoms with Gasteiger partial charge < -0.3 is 0 Å². The lowest BCUT2D eigenvalue weighted by Gasteiger charge is -2.15. The van der Waals surface area contributed by atoms with E-state index >= 15 is 0 Å². The normalized spacial score (nSPS) is 13.7. The van der Waals surface area contributed by atoms with Crippen LogP contribution in [0.4, 0.5) is 0 Å². The number of sulfonamides is 1. The summed E-state index contributed by atoms with van der Waals surface area (Å²) in [5, 5.41) is 7.37. The van der Waals surface area contributed by atoms with Crippen LogP contribution >= 0.6 is 27.5 Å². The number of nitrogens with one attached hydrogen (secondary N) is 1. The van der Waals surface area contributed by atoms with Crippen LogP contribution in [0.1, 0.15) is 26.2 Å². The highest BCUT2D eigenvalue weighted by Gasteiger charge is 2.24. The molecule has 1 unspecified atom stereocenters. The predicted octanol–water partition coefficient (Wildman–Crippen LogP) is 1.90. The molecule has 9 heteroatoms. The Balaban J connectivity index is 2.75. The summed E-state index contributed by atoms with van der Waals surface area (Å²) >= 11 is 8.81. The molecular formula is C10H18BrClN4O2S. The SMILES string of the molecule is CCCC(CCCl)CNS(=O)(=O)c1c(Br)nnn1C. The second kappa shape index (κ2) is 7.56. The lowest BCUT2D eigenvalue weighted by Crippen LogP contribution is -2.31. The summed E-state index contributed by atoms with van der Waals surface area (Å²) in [4.78, 5) is 0. The summed E-state index contributed by atoms with van der Waals surface area (Å²) in [5.41, 5.74) is 0. The maximum absolute atomic E-state index is 12.2. The van der Waals surface area contributed by atoms with Crippen LogP contribution < -0.4 is 4.72 Å². The van der Waals surface area contributed by atoms with Gasteiger partial charge in [-0.25, -0.2) is 17.8 Å². The zero-order valence-electron chi connectivity index (χ0n) is 10.9. The summed E-state index contributed by atoms with van der Waals surface area (Å²) in [5.74, 6) is 0.779. The number of hydrogen-bond donors (Lipinski definition) is 1. The van der Waals surface area contributed by atoms with Gasteiger partial charge in [-0.3, -0.25) is 0 Å². The maximum Gasteiger partial charge on any atom is 0.260 e. The molecule has 1 rings (SSSR count). The Morgan fingerprint density at radius 1 is 1.47 bits per heavy atom. The quantitative estimate of drug-likeness (QED) is 0.706. The van der Waals surface area contributed by atoms with Crippen molar-refractivity contribution in [2.24, 2.45) is 13.0 Å². The molecule has 0 bridgehead atoms. The van der Waals surface area contributed by atoms with Crippen LogP contribution in [-0.4, -0.2) is 35.8 Å². The molecule has 1 aromatic heterocycles. The number of nitrogens with zero attached hydrogens (tertiary/aromatic N) is 3. The number of rotatable bonds is 8. The molecule has 0 aliphatic carbocycles. The molecular weight excluding hydrogens is 356 g/mol. The summed E-state index contributed by atoms with van der Waals surface area (Å²) in [6, 6.07) is 0. The Labute approximate surface area is 127 Å². The molecule has 6 nitrogen and oxygen atoms in total. The van der Waals surface area contributed by atoms with E-state index in [1.807, 2.05) is 0 Å². The average Bonchev–Trinajstić information content (AvgIpc) is 2.67. The highest BCUT2D eigenvalue weighted by molar-refractivity contribution is 9.10. The Kier molecular flexibility index (Phi) is 6.72. The summed E-state index contributed by atoms with van der Waals surface area (Å²) in [6.45, 7) is 2.44. The van der Waals surface area contributed by atoms with Gasteiger partial charge in [0.25, 0.3) is 10.0 Å². The van der Waals surface area contributed by atoms with Crippen LogP contribution in [0, 0.1) is 5.92 Å². The fourth-order valence-electron chi connectivity index (χ4n) is 1.81. The number of alkyl halides is 1. The van der Waals surface area contributed by atoms with Gasteiger partial charge in [-0.05, 0) is 34.7 Å². The van der Waals surface area contributed by atoms with Crippen molar-refractivity contribution in [1.29, 1.82) is 0 Å². The monoisotopic (exact) mass is 372 g/mol. The lowest BCUT2D eigenvalue weighted by atomic mass is 10.0. The molecule has 1 atom stereocenters. The van der Waals surface area contributed by atoms with Crippen molar-refractivity contribution in [2.75, 3.05) is 12.4 Å². The predicted molar refractivity (Wildman–Crippen MR) is 77.6 cm³/mol. The Hall–Kier alpha value is -0.180. The smallest absolute Gasteiger partial charge is 0.235 e. The minimum Gasteiger partial charge on any atom is -0.235 e. The minimum absolute atomic E-state index is 0.0358. The first-order chi connectivity index (χ1) is 8.92. The molecule has 0 fully saturated rings. The van der Waals surface area contributed by atoms with E-state index in [9.17, 15) is 8.42 Å². The van der Waals surface area contributed by atoms with Crippen LogP contribution in [0.3, 0.4) is 0 Å². The molecule has 0 aliphatic heterocycles. The van der Waals surface area contributed by atoms with Gasteiger partial charge in [0.05, 0.1) is 0 Å². The number of aryl methyl sites for hydroxylation is 1. The fourth-order valence-corrected chi connectivity index (χ4v) is 4.33. The Morgan fingerprint density at radius 2 is 2.16 bits per heavy atom. The van der Waals surface area contributed by atoms with Gasteiger partial charge in [-0.15, -0.1) is 16.7 Å². The maximum atomic E-state index is 12.2. The molecule has 110 valence electrons. The van der Waals surface area contributed by atoms with Crippen LogP contribution in [0.25, 0.3) is 0 Å². The average molecular weight is 374 g/mol. The molecule has 0 saturated heterocycles. The van der Waals surface area contributed by atoms with Crippen molar-refractivity contribution in [3.05, 3.63) is 4.60 Å². The van der Waals surface area contributed by atoms with E-state index < -0.39 is 10.0 Å². The Bertz CT molecular complexity index is 480. The first-order valence-corrected chi connectivity index (χ1v) is 8.84. The largest absolute Gasteiger partial charge is 0.260 e. The van der Waals surface area contributed by atoms with Gasteiger partial charge in [0.1, 0.15) is 0 Å². The molecule has 0 spiro atoms. The zero-order chi connectivity index (χ0) is 14.5. The molecule has 0 aromatic carbocycles. The van der Waals surface area contributed by atoms with Crippen molar-refractivity contribution < 1.29 is 8.42 Å².